The average molecular weight is 225 g/mol. The second-order valence-corrected chi connectivity index (χ2v) is 3.86. The second kappa shape index (κ2) is 5.42. The van der Waals surface area contributed by atoms with E-state index in [4.69, 9.17) is 6.42 Å². The van der Waals surface area contributed by atoms with Gasteiger partial charge in [0.05, 0.1) is 17.1 Å². The third-order valence-electron chi connectivity index (χ3n) is 2.59. The van der Waals surface area contributed by atoms with Gasteiger partial charge in [-0.05, 0) is 30.7 Å². The number of nitrogens with one attached hydrogen (secondary N) is 1. The molecular weight excluding hydrogens is 210 g/mol. The van der Waals surface area contributed by atoms with Crippen molar-refractivity contribution in [2.75, 3.05) is 6.54 Å². The standard InChI is InChI=1S/C14H15N3/c1-3-7-15-12(4-2)11-5-6-13-14(10-11)17-9-8-16-13/h2,5-6,8-10,12,15H,3,7H2,1H3. The molecule has 1 aromatic carbocycles. The summed E-state index contributed by atoms with van der Waals surface area (Å²) in [5.41, 5.74) is 2.83. The zero-order valence-corrected chi connectivity index (χ0v) is 9.85. The second-order valence-electron chi connectivity index (χ2n) is 3.86. The monoisotopic (exact) mass is 225 g/mol. The highest BCUT2D eigenvalue weighted by Gasteiger charge is 2.07. The number of nitrogens with zero attached hydrogens (tertiary/aromatic N) is 2. The van der Waals surface area contributed by atoms with Crippen molar-refractivity contribution in [2.24, 2.45) is 0 Å². The summed E-state index contributed by atoms with van der Waals surface area (Å²) in [6.07, 6.45) is 9.98. The molecule has 1 unspecified atom stereocenters. The van der Waals surface area contributed by atoms with Gasteiger partial charge >= 0.3 is 0 Å². The van der Waals surface area contributed by atoms with Crippen molar-refractivity contribution in [1.29, 1.82) is 0 Å². The number of hydrogen-bond acceptors (Lipinski definition) is 3. The fraction of sp³-hybridized carbons (Fsp3) is 0.286. The minimum Gasteiger partial charge on any atom is -0.300 e. The first kappa shape index (κ1) is 11.6. The Bertz CT molecular complexity index is 542. The van der Waals surface area contributed by atoms with E-state index in [9.17, 15) is 0 Å². The number of fused-ring (bicyclic) bond motifs is 1. The summed E-state index contributed by atoms with van der Waals surface area (Å²) in [5.74, 6) is 2.76. The molecule has 86 valence electrons. The molecule has 2 aromatic rings. The van der Waals surface area contributed by atoms with Crippen LogP contribution < -0.4 is 5.32 Å². The quantitative estimate of drug-likeness (QED) is 0.811. The molecule has 2 rings (SSSR count). The van der Waals surface area contributed by atoms with Crippen LogP contribution in [-0.2, 0) is 0 Å². The highest BCUT2D eigenvalue weighted by atomic mass is 14.9. The zero-order valence-electron chi connectivity index (χ0n) is 9.85. The molecule has 0 fully saturated rings. The molecule has 1 N–H and O–H groups in total. The molecule has 1 aromatic heterocycles. The molecule has 0 radical (unpaired) electrons. The van der Waals surface area contributed by atoms with Gasteiger partial charge in [0.1, 0.15) is 0 Å². The van der Waals surface area contributed by atoms with E-state index in [1.54, 1.807) is 12.4 Å². The lowest BCUT2D eigenvalue weighted by Gasteiger charge is -2.12. The fourth-order valence-electron chi connectivity index (χ4n) is 1.72. The van der Waals surface area contributed by atoms with Crippen LogP contribution >= 0.6 is 0 Å². The van der Waals surface area contributed by atoms with Gasteiger partial charge in [-0.2, -0.15) is 0 Å². The van der Waals surface area contributed by atoms with Crippen molar-refractivity contribution in [2.45, 2.75) is 19.4 Å². The molecule has 0 saturated carbocycles. The molecule has 1 heterocycles. The van der Waals surface area contributed by atoms with Gasteiger partial charge < -0.3 is 5.32 Å². The lowest BCUT2D eigenvalue weighted by molar-refractivity contribution is 0.627. The van der Waals surface area contributed by atoms with Gasteiger partial charge in [0.15, 0.2) is 0 Å². The Labute approximate surface area is 101 Å². The Kier molecular flexibility index (Phi) is 3.69. The predicted octanol–water partition coefficient (Wildman–Crippen LogP) is 2.30. The number of aromatic nitrogens is 2. The summed E-state index contributed by atoms with van der Waals surface area (Å²) >= 11 is 0. The van der Waals surface area contributed by atoms with Gasteiger partial charge in [-0.25, -0.2) is 0 Å². The lowest BCUT2D eigenvalue weighted by Crippen LogP contribution is -2.20. The smallest absolute Gasteiger partial charge is 0.0944 e. The summed E-state index contributed by atoms with van der Waals surface area (Å²) < 4.78 is 0. The first-order valence-corrected chi connectivity index (χ1v) is 5.75. The van der Waals surface area contributed by atoms with Crippen LogP contribution in [0.15, 0.2) is 30.6 Å². The first-order valence-electron chi connectivity index (χ1n) is 5.75. The molecule has 0 aliphatic heterocycles. The number of rotatable bonds is 4. The van der Waals surface area contributed by atoms with Gasteiger partial charge in [0, 0.05) is 12.4 Å². The molecule has 0 aliphatic carbocycles. The molecule has 0 bridgehead atoms. The minimum absolute atomic E-state index is 0.0543. The van der Waals surface area contributed by atoms with Gasteiger partial charge in [-0.3, -0.25) is 9.97 Å². The van der Waals surface area contributed by atoms with E-state index in [0.29, 0.717) is 0 Å². The van der Waals surface area contributed by atoms with Crippen molar-refractivity contribution in [1.82, 2.24) is 15.3 Å². The largest absolute Gasteiger partial charge is 0.300 e. The molecule has 0 saturated heterocycles. The number of benzene rings is 1. The van der Waals surface area contributed by atoms with Crippen molar-refractivity contribution in [3.63, 3.8) is 0 Å². The highest BCUT2D eigenvalue weighted by molar-refractivity contribution is 5.74. The van der Waals surface area contributed by atoms with Crippen LogP contribution in [0.1, 0.15) is 24.9 Å². The Morgan fingerprint density at radius 1 is 1.29 bits per heavy atom. The van der Waals surface area contributed by atoms with Crippen LogP contribution in [0.3, 0.4) is 0 Å². The fourth-order valence-corrected chi connectivity index (χ4v) is 1.72. The first-order chi connectivity index (χ1) is 8.35. The van der Waals surface area contributed by atoms with Crippen molar-refractivity contribution in [3.8, 4) is 12.3 Å². The Hall–Kier alpha value is -1.92. The summed E-state index contributed by atoms with van der Waals surface area (Å²) in [7, 11) is 0. The molecule has 0 spiro atoms. The maximum Gasteiger partial charge on any atom is 0.0944 e. The highest BCUT2D eigenvalue weighted by Crippen LogP contribution is 2.17. The third kappa shape index (κ3) is 2.61. The van der Waals surface area contributed by atoms with Gasteiger partial charge in [0.2, 0.25) is 0 Å². The summed E-state index contributed by atoms with van der Waals surface area (Å²) in [6.45, 7) is 3.03. The van der Waals surface area contributed by atoms with E-state index in [-0.39, 0.29) is 6.04 Å². The Morgan fingerprint density at radius 3 is 2.76 bits per heavy atom. The van der Waals surface area contributed by atoms with Crippen molar-refractivity contribution >= 4 is 11.0 Å². The maximum atomic E-state index is 5.54. The average Bonchev–Trinajstić information content (AvgIpc) is 2.39. The maximum absolute atomic E-state index is 5.54. The Morgan fingerprint density at radius 2 is 2.06 bits per heavy atom. The zero-order chi connectivity index (χ0) is 12.1. The third-order valence-corrected chi connectivity index (χ3v) is 2.59. The van der Waals surface area contributed by atoms with Crippen LogP contribution in [0.4, 0.5) is 0 Å². The van der Waals surface area contributed by atoms with Crippen molar-refractivity contribution < 1.29 is 0 Å². The topological polar surface area (TPSA) is 37.8 Å². The van der Waals surface area contributed by atoms with Crippen molar-refractivity contribution in [3.05, 3.63) is 36.2 Å². The van der Waals surface area contributed by atoms with E-state index >= 15 is 0 Å². The van der Waals surface area contributed by atoms with E-state index in [2.05, 4.69) is 28.1 Å². The number of hydrogen-bond donors (Lipinski definition) is 1. The van der Waals surface area contributed by atoms with Crippen LogP contribution in [0, 0.1) is 12.3 Å². The van der Waals surface area contributed by atoms with Crippen LogP contribution in [-0.4, -0.2) is 16.5 Å². The van der Waals surface area contributed by atoms with Gasteiger partial charge in [0.25, 0.3) is 0 Å². The molecular formula is C14H15N3. The van der Waals surface area contributed by atoms with Gasteiger partial charge in [-0.1, -0.05) is 18.9 Å². The summed E-state index contributed by atoms with van der Waals surface area (Å²) in [5, 5.41) is 3.32. The Balaban J connectivity index is 2.31. The number of terminal acetylenes is 1. The normalized spacial score (nSPS) is 12.2. The molecule has 0 aliphatic rings. The van der Waals surface area contributed by atoms with E-state index in [1.807, 2.05) is 18.2 Å². The molecule has 3 nitrogen and oxygen atoms in total. The molecule has 3 heteroatoms. The predicted molar refractivity (Wildman–Crippen MR) is 69.4 cm³/mol. The van der Waals surface area contributed by atoms with Gasteiger partial charge in [-0.15, -0.1) is 6.42 Å². The summed E-state index contributed by atoms with van der Waals surface area (Å²) in [6, 6.07) is 5.90. The van der Waals surface area contributed by atoms with Crippen LogP contribution in [0.25, 0.3) is 11.0 Å². The summed E-state index contributed by atoms with van der Waals surface area (Å²) in [4.78, 5) is 8.52. The molecule has 1 atom stereocenters. The molecule has 0 amide bonds. The molecule has 17 heavy (non-hydrogen) atoms. The lowest BCUT2D eigenvalue weighted by atomic mass is 10.1. The van der Waals surface area contributed by atoms with E-state index < -0.39 is 0 Å². The SMILES string of the molecule is C#CC(NCCC)c1ccc2nccnc2c1. The van der Waals surface area contributed by atoms with Crippen LogP contribution in [0.2, 0.25) is 0 Å². The van der Waals surface area contributed by atoms with E-state index in [1.165, 1.54) is 0 Å². The van der Waals surface area contributed by atoms with Crippen LogP contribution in [0.5, 0.6) is 0 Å². The minimum atomic E-state index is -0.0543. The van der Waals surface area contributed by atoms with E-state index in [0.717, 1.165) is 29.6 Å².